The van der Waals surface area contributed by atoms with E-state index in [0.29, 0.717) is 5.69 Å². The molecule has 444 valence electrons. The van der Waals surface area contributed by atoms with E-state index in [-0.39, 0.29) is 77.6 Å². The zero-order valence-corrected chi connectivity index (χ0v) is 45.1. The summed E-state index contributed by atoms with van der Waals surface area (Å²) in [5.41, 5.74) is 3.46. The van der Waals surface area contributed by atoms with Crippen molar-refractivity contribution >= 4 is 76.1 Å². The number of carboxylic acid groups (broad SMARTS) is 2. The second-order valence-electron chi connectivity index (χ2n) is 19.3. The summed E-state index contributed by atoms with van der Waals surface area (Å²) in [6, 6.07) is -3.17. The molecule has 28 nitrogen and oxygen atoms in total. The van der Waals surface area contributed by atoms with Crippen molar-refractivity contribution in [2.24, 2.45) is 5.73 Å². The number of phenols is 1. The number of hydrogen-bond donors (Lipinski definition) is 14. The number of nitrogens with one attached hydrogen (secondary N) is 9. The van der Waals surface area contributed by atoms with Crippen LogP contribution >= 0.6 is 0 Å². The van der Waals surface area contributed by atoms with Crippen molar-refractivity contribution in [3.05, 3.63) is 93.7 Å². The highest BCUT2D eigenvalue weighted by molar-refractivity contribution is 6.09. The molecule has 8 atom stereocenters. The van der Waals surface area contributed by atoms with Crippen molar-refractivity contribution < 1.29 is 86.4 Å². The van der Waals surface area contributed by atoms with Gasteiger partial charge in [-0.2, -0.15) is 0 Å². The summed E-state index contributed by atoms with van der Waals surface area (Å²) in [4.78, 5) is 160. The third kappa shape index (κ3) is 17.3. The van der Waals surface area contributed by atoms with Crippen LogP contribution in [-0.4, -0.2) is 150 Å². The van der Waals surface area contributed by atoms with E-state index in [1.165, 1.54) is 45.4 Å². The Morgan fingerprint density at radius 2 is 1.31 bits per heavy atom. The fraction of sp³-hybridized carbons (Fsp3) is 0.377. The van der Waals surface area contributed by atoms with Gasteiger partial charge in [-0.3, -0.25) is 52.7 Å². The Morgan fingerprint density at radius 3 is 1.89 bits per heavy atom. The Kier molecular flexibility index (Phi) is 22.0. The van der Waals surface area contributed by atoms with Gasteiger partial charge in [0.05, 0.1) is 18.0 Å². The molecule has 3 aromatic rings. The average molecular weight is 1160 g/mol. The van der Waals surface area contributed by atoms with Crippen molar-refractivity contribution in [1.82, 2.24) is 52.5 Å². The highest BCUT2D eigenvalue weighted by Gasteiger charge is 2.34. The molecular weight excluding hydrogens is 1100 g/mol. The number of aliphatic carboxylic acids is 1. The number of halogens is 2. The maximum atomic E-state index is 14.8. The Balaban J connectivity index is 1.14. The second-order valence-corrected chi connectivity index (χ2v) is 19.3. The molecule has 9 amide bonds. The van der Waals surface area contributed by atoms with Gasteiger partial charge in [-0.25, -0.2) is 18.6 Å². The molecule has 0 fully saturated rings. The van der Waals surface area contributed by atoms with Crippen LogP contribution in [0.1, 0.15) is 93.1 Å². The molecule has 30 heteroatoms. The number of carbonyl (C=O) groups is 11. The molecule has 0 unspecified atom stereocenters. The number of H-pyrrole nitrogens is 1. The van der Waals surface area contributed by atoms with E-state index in [2.05, 4.69) is 52.5 Å². The molecule has 2 heterocycles. The number of carbonyl (C=O) groups excluding carboxylic acids is 9. The van der Waals surface area contributed by atoms with Crippen molar-refractivity contribution in [1.29, 1.82) is 0 Å². The van der Waals surface area contributed by atoms with Gasteiger partial charge in [0, 0.05) is 72.4 Å². The monoisotopic (exact) mass is 1160 g/mol. The quantitative estimate of drug-likeness (QED) is 0.0218. The number of aliphatic hydroxyl groups is 1. The number of primary amides is 1. The van der Waals surface area contributed by atoms with Crippen molar-refractivity contribution in [3.8, 4) is 28.2 Å². The second kappa shape index (κ2) is 28.5. The molecule has 5 rings (SSSR count). The number of rotatable bonds is 28. The number of aromatic amines is 1. The number of imidazole rings is 1. The number of amides is 9. The SMILES string of the molecule is CC(=O)N[C@H](CCCCNC(=O)c1ccc(C(=O)O)c(-c2c3cc(F)c(=O)cc-3oc3cc(O)c(F)cc23)c1)C(=O)N[C@H](C)C(=O)N[C@H](C)C(=O)N[C@H](C)C(=O)N[C@@H](C(=O)N[C@H](Cc1cnc[nH]1)C(=O)N[C@H](CCC(=O)O)C(N)=O)[C@H](C)O. The van der Waals surface area contributed by atoms with E-state index in [1.807, 2.05) is 0 Å². The fourth-order valence-corrected chi connectivity index (χ4v) is 8.34. The van der Waals surface area contributed by atoms with Gasteiger partial charge in [0.25, 0.3) is 5.91 Å². The summed E-state index contributed by atoms with van der Waals surface area (Å²) in [5, 5.41) is 58.9. The molecule has 0 saturated heterocycles. The lowest BCUT2D eigenvalue weighted by atomic mass is 9.89. The van der Waals surface area contributed by atoms with Crippen LogP contribution in [0.4, 0.5) is 8.78 Å². The molecule has 0 spiro atoms. The van der Waals surface area contributed by atoms with Gasteiger partial charge in [0.1, 0.15) is 53.6 Å². The molecule has 2 aliphatic rings. The van der Waals surface area contributed by atoms with E-state index in [0.717, 1.165) is 44.2 Å². The normalized spacial score (nSPS) is 14.0. The number of benzene rings is 3. The van der Waals surface area contributed by atoms with Crippen LogP contribution < -0.4 is 53.7 Å². The van der Waals surface area contributed by atoms with Crippen molar-refractivity contribution in [2.75, 3.05) is 6.54 Å². The first-order valence-electron chi connectivity index (χ1n) is 25.6. The Hall–Kier alpha value is -9.87. The minimum atomic E-state index is -1.74. The van der Waals surface area contributed by atoms with Crippen molar-refractivity contribution in [3.63, 3.8) is 0 Å². The Bertz CT molecular complexity index is 3340. The Labute approximate surface area is 469 Å². The third-order valence-corrected chi connectivity index (χ3v) is 12.8. The number of carboxylic acids is 2. The fourth-order valence-electron chi connectivity index (χ4n) is 8.34. The number of aliphatic hydroxyl groups excluding tert-OH is 1. The summed E-state index contributed by atoms with van der Waals surface area (Å²) in [7, 11) is 0. The largest absolute Gasteiger partial charge is 0.505 e. The number of fused-ring (bicyclic) bond motifs is 2. The number of aromatic carboxylic acids is 1. The highest BCUT2D eigenvalue weighted by atomic mass is 19.1. The standard InChI is InChI=1S/C53H61F2N11O17/c1-22(46(74)61-24(3)48(76)66-44(25(4)67)52(80)65-37(15-28-20-57-21-59-28)51(79)64-35(45(56)73)11-12-42(71)72)60-47(75)23(2)62-50(78)36(63-26(5)68)8-6-7-13-58-49(77)27-9-10-29(53(81)82)30(14-27)43-31-16-33(54)38(69)18-40(31)83-41-19-39(70)34(55)17-32(41)43/h9-10,14,16-25,35-37,44,67,69H,6-8,11-13,15H2,1-5H3,(H2,56,73)(H,57,59)(H,58,77)(H,60,75)(H,61,74)(H,62,78)(H,63,68)(H,64,79)(H,65,80)(H,66,76)(H,71,72)(H,81,82)/t22-,23-,24-,25+,35-,36-,37-,44-/m1/s1. The highest BCUT2D eigenvalue weighted by Crippen LogP contribution is 2.43. The maximum absolute atomic E-state index is 14.8. The van der Waals surface area contributed by atoms with Crippen LogP contribution in [0.25, 0.3) is 33.4 Å². The number of nitrogens with zero attached hydrogens (tertiary/aromatic N) is 1. The van der Waals surface area contributed by atoms with E-state index in [1.54, 1.807) is 0 Å². The molecule has 15 N–H and O–H groups in total. The van der Waals surface area contributed by atoms with Crippen LogP contribution in [0.5, 0.6) is 5.75 Å². The van der Waals surface area contributed by atoms with E-state index in [4.69, 9.17) is 15.3 Å². The summed E-state index contributed by atoms with van der Waals surface area (Å²) in [6.07, 6.45) is 0.257. The summed E-state index contributed by atoms with van der Waals surface area (Å²) >= 11 is 0. The molecule has 0 saturated carbocycles. The number of aromatic nitrogens is 2. The number of phenolic OH excluding ortho intramolecular Hbond substituents is 1. The molecule has 1 aliphatic heterocycles. The number of unbranched alkanes of at least 4 members (excludes halogenated alkanes) is 1. The van der Waals surface area contributed by atoms with Crippen LogP contribution in [0, 0.1) is 11.6 Å². The zero-order valence-electron chi connectivity index (χ0n) is 45.1. The lowest BCUT2D eigenvalue weighted by molar-refractivity contribution is -0.138. The smallest absolute Gasteiger partial charge is 0.336 e. The number of hydrogen-bond acceptors (Lipinski definition) is 16. The predicted octanol–water partition coefficient (Wildman–Crippen LogP) is -0.683. The molecular formula is C53H61F2N11O17. The van der Waals surface area contributed by atoms with Gasteiger partial charge >= 0.3 is 11.9 Å². The summed E-state index contributed by atoms with van der Waals surface area (Å²) in [6.45, 7) is 6.02. The molecule has 83 heavy (non-hydrogen) atoms. The van der Waals surface area contributed by atoms with Gasteiger partial charge in [-0.05, 0) is 89.3 Å². The lowest BCUT2D eigenvalue weighted by Crippen LogP contribution is -2.61. The van der Waals surface area contributed by atoms with E-state index in [9.17, 15) is 81.6 Å². The third-order valence-electron chi connectivity index (χ3n) is 12.8. The molecule has 0 radical (unpaired) electrons. The van der Waals surface area contributed by atoms with Gasteiger partial charge in [0.15, 0.2) is 17.4 Å². The van der Waals surface area contributed by atoms with Gasteiger partial charge in [-0.1, -0.05) is 0 Å². The Morgan fingerprint density at radius 1 is 0.699 bits per heavy atom. The lowest BCUT2D eigenvalue weighted by Gasteiger charge is -2.27. The first kappa shape index (κ1) is 64.0. The van der Waals surface area contributed by atoms with Crippen LogP contribution in [0.15, 0.2) is 64.2 Å². The first-order chi connectivity index (χ1) is 39.1. The zero-order chi connectivity index (χ0) is 61.6. The molecule has 1 aromatic heterocycles. The number of nitrogens with two attached hydrogens (primary N) is 1. The summed E-state index contributed by atoms with van der Waals surface area (Å²) in [5.74, 6) is -14.2. The van der Waals surface area contributed by atoms with Crippen LogP contribution in [0.2, 0.25) is 0 Å². The number of aromatic hydroxyl groups is 1. The average Bonchev–Trinajstić information content (AvgIpc) is 1.86. The van der Waals surface area contributed by atoms with Gasteiger partial charge in [0.2, 0.25) is 52.7 Å². The van der Waals surface area contributed by atoms with Crippen LogP contribution in [-0.2, 0) is 49.6 Å². The topological polar surface area (TPSA) is 450 Å². The van der Waals surface area contributed by atoms with Crippen molar-refractivity contribution in [2.45, 2.75) is 122 Å². The predicted molar refractivity (Wildman–Crippen MR) is 286 cm³/mol. The maximum Gasteiger partial charge on any atom is 0.336 e. The first-order valence-corrected chi connectivity index (χ1v) is 25.6. The van der Waals surface area contributed by atoms with Gasteiger partial charge in [-0.15, -0.1) is 0 Å². The van der Waals surface area contributed by atoms with Gasteiger partial charge < -0.3 is 78.1 Å². The molecule has 1 aliphatic carbocycles. The minimum Gasteiger partial charge on any atom is -0.505 e. The van der Waals surface area contributed by atoms with E-state index < -0.39 is 148 Å². The van der Waals surface area contributed by atoms with Crippen LogP contribution in [0.3, 0.4) is 0 Å². The van der Waals surface area contributed by atoms with E-state index >= 15 is 0 Å². The minimum absolute atomic E-state index is 0.00890. The molecule has 2 aromatic carbocycles. The summed E-state index contributed by atoms with van der Waals surface area (Å²) < 4.78 is 35.1. The molecule has 0 bridgehead atoms.